The fraction of sp³-hybridized carbons (Fsp3) is 0.235. The van der Waals surface area contributed by atoms with Crippen molar-refractivity contribution in [3.63, 3.8) is 0 Å². The van der Waals surface area contributed by atoms with Gasteiger partial charge in [0.05, 0.1) is 12.0 Å². The van der Waals surface area contributed by atoms with Crippen LogP contribution < -0.4 is 16.2 Å². The first-order valence-corrected chi connectivity index (χ1v) is 7.78. The van der Waals surface area contributed by atoms with Gasteiger partial charge in [-0.1, -0.05) is 41.9 Å². The van der Waals surface area contributed by atoms with Crippen LogP contribution in [0.5, 0.6) is 0 Å². The van der Waals surface area contributed by atoms with Gasteiger partial charge in [0, 0.05) is 23.7 Å². The van der Waals surface area contributed by atoms with Crippen LogP contribution in [0, 0.1) is 11.7 Å². The molecule has 1 aliphatic rings. The smallest absolute Gasteiger partial charge is 0.226 e. The highest BCUT2D eigenvalue weighted by Gasteiger charge is 2.33. The Bertz CT molecular complexity index is 710. The highest BCUT2D eigenvalue weighted by molar-refractivity contribution is 6.30. The van der Waals surface area contributed by atoms with E-state index in [1.54, 1.807) is 24.3 Å². The Morgan fingerprint density at radius 2 is 2.09 bits per heavy atom. The molecule has 1 fully saturated rings. The van der Waals surface area contributed by atoms with Crippen molar-refractivity contribution in [3.05, 3.63) is 70.5 Å². The first kappa shape index (κ1) is 15.9. The number of hydrogen-bond acceptors (Lipinski definition) is 3. The fourth-order valence-electron chi connectivity index (χ4n) is 2.71. The Hall–Kier alpha value is -1.95. The Morgan fingerprint density at radius 3 is 2.87 bits per heavy atom. The molecule has 4 nitrogen and oxygen atoms in total. The van der Waals surface area contributed by atoms with Gasteiger partial charge in [-0.15, -0.1) is 0 Å². The Labute approximate surface area is 139 Å². The van der Waals surface area contributed by atoms with Crippen molar-refractivity contribution >= 4 is 17.5 Å². The van der Waals surface area contributed by atoms with Crippen LogP contribution in [-0.4, -0.2) is 12.5 Å². The minimum absolute atomic E-state index is 0.129. The van der Waals surface area contributed by atoms with Gasteiger partial charge in [0.15, 0.2) is 0 Å². The lowest BCUT2D eigenvalue weighted by molar-refractivity contribution is -0.125. The maximum Gasteiger partial charge on any atom is 0.226 e. The lowest BCUT2D eigenvalue weighted by atomic mass is 9.94. The number of hydrogen-bond donors (Lipinski definition) is 3. The van der Waals surface area contributed by atoms with E-state index >= 15 is 0 Å². The molecule has 120 valence electrons. The fourth-order valence-corrected chi connectivity index (χ4v) is 2.91. The molecule has 0 radical (unpaired) electrons. The monoisotopic (exact) mass is 333 g/mol. The predicted octanol–water partition coefficient (Wildman–Crippen LogP) is 2.56. The molecule has 3 N–H and O–H groups in total. The Balaban J connectivity index is 1.68. The van der Waals surface area contributed by atoms with Crippen molar-refractivity contribution in [3.8, 4) is 0 Å². The van der Waals surface area contributed by atoms with Gasteiger partial charge in [-0.05, 0) is 23.8 Å². The summed E-state index contributed by atoms with van der Waals surface area (Å²) < 4.78 is 13.6. The second kappa shape index (κ2) is 7.08. The molecule has 2 aromatic carbocycles. The summed E-state index contributed by atoms with van der Waals surface area (Å²) in [6, 6.07) is 13.7. The maximum absolute atomic E-state index is 13.6. The largest absolute Gasteiger partial charge is 0.352 e. The van der Waals surface area contributed by atoms with E-state index < -0.39 is 0 Å². The molecule has 1 heterocycles. The number of nitrogens with one attached hydrogen (secondary N) is 3. The SMILES string of the molecule is O=C(NCc1ccccc1F)C1CNNC1c1cccc(Cl)c1. The summed E-state index contributed by atoms with van der Waals surface area (Å²) in [5.41, 5.74) is 7.51. The van der Waals surface area contributed by atoms with Gasteiger partial charge in [0.1, 0.15) is 5.82 Å². The average Bonchev–Trinajstić information content (AvgIpc) is 3.03. The summed E-state index contributed by atoms with van der Waals surface area (Å²) in [5, 5.41) is 3.43. The van der Waals surface area contributed by atoms with E-state index in [2.05, 4.69) is 16.2 Å². The number of rotatable bonds is 4. The van der Waals surface area contributed by atoms with E-state index in [0.717, 1.165) is 5.56 Å². The molecular weight excluding hydrogens is 317 g/mol. The standard InChI is InChI=1S/C17H17ClFN3O/c18-13-6-3-5-11(8-13)16-14(10-21-22-16)17(23)20-9-12-4-1-2-7-15(12)19/h1-8,14,16,21-22H,9-10H2,(H,20,23). The molecule has 0 spiro atoms. The van der Waals surface area contributed by atoms with Crippen LogP contribution in [0.4, 0.5) is 4.39 Å². The van der Waals surface area contributed by atoms with Crippen LogP contribution >= 0.6 is 11.6 Å². The molecule has 2 atom stereocenters. The van der Waals surface area contributed by atoms with E-state index in [9.17, 15) is 9.18 Å². The number of amides is 1. The van der Waals surface area contributed by atoms with Gasteiger partial charge in [0.25, 0.3) is 0 Å². The van der Waals surface area contributed by atoms with Gasteiger partial charge in [-0.25, -0.2) is 9.82 Å². The van der Waals surface area contributed by atoms with Crippen LogP contribution in [0.2, 0.25) is 5.02 Å². The van der Waals surface area contributed by atoms with Crippen molar-refractivity contribution in [2.75, 3.05) is 6.54 Å². The van der Waals surface area contributed by atoms with Crippen molar-refractivity contribution < 1.29 is 9.18 Å². The lowest BCUT2D eigenvalue weighted by Crippen LogP contribution is -2.34. The minimum Gasteiger partial charge on any atom is -0.352 e. The van der Waals surface area contributed by atoms with Crippen LogP contribution in [0.25, 0.3) is 0 Å². The molecule has 3 rings (SSSR count). The number of carbonyl (C=O) groups is 1. The predicted molar refractivity (Wildman–Crippen MR) is 87.1 cm³/mol. The highest BCUT2D eigenvalue weighted by atomic mass is 35.5. The summed E-state index contributed by atoms with van der Waals surface area (Å²) >= 11 is 6.02. The van der Waals surface area contributed by atoms with E-state index in [4.69, 9.17) is 11.6 Å². The van der Waals surface area contributed by atoms with Crippen LogP contribution in [0.15, 0.2) is 48.5 Å². The molecule has 0 aliphatic carbocycles. The maximum atomic E-state index is 13.6. The highest BCUT2D eigenvalue weighted by Crippen LogP contribution is 2.27. The molecule has 1 aliphatic heterocycles. The minimum atomic E-state index is -0.318. The topological polar surface area (TPSA) is 53.2 Å². The molecule has 23 heavy (non-hydrogen) atoms. The lowest BCUT2D eigenvalue weighted by Gasteiger charge is -2.18. The molecule has 6 heteroatoms. The molecule has 2 aromatic rings. The molecule has 1 saturated heterocycles. The summed E-state index contributed by atoms with van der Waals surface area (Å²) in [5.74, 6) is -0.738. The molecule has 2 unspecified atom stereocenters. The molecule has 0 saturated carbocycles. The Morgan fingerprint density at radius 1 is 1.26 bits per heavy atom. The average molecular weight is 334 g/mol. The molecule has 0 bridgehead atoms. The summed E-state index contributed by atoms with van der Waals surface area (Å²) in [6.45, 7) is 0.671. The first-order chi connectivity index (χ1) is 11.1. The zero-order valence-corrected chi connectivity index (χ0v) is 13.1. The third kappa shape index (κ3) is 3.69. The number of halogens is 2. The normalized spacial score (nSPS) is 20.4. The van der Waals surface area contributed by atoms with Crippen LogP contribution in [-0.2, 0) is 11.3 Å². The molecule has 0 aromatic heterocycles. The Kier molecular flexibility index (Phi) is 4.91. The third-order valence-electron chi connectivity index (χ3n) is 3.94. The first-order valence-electron chi connectivity index (χ1n) is 7.40. The van der Waals surface area contributed by atoms with E-state index in [1.165, 1.54) is 6.07 Å². The van der Waals surface area contributed by atoms with E-state index in [1.807, 2.05) is 18.2 Å². The van der Waals surface area contributed by atoms with Crippen molar-refractivity contribution in [1.82, 2.24) is 16.2 Å². The van der Waals surface area contributed by atoms with Gasteiger partial charge in [-0.2, -0.15) is 0 Å². The van der Waals surface area contributed by atoms with Gasteiger partial charge in [-0.3, -0.25) is 10.2 Å². The van der Waals surface area contributed by atoms with Gasteiger partial charge >= 0.3 is 0 Å². The zero-order valence-electron chi connectivity index (χ0n) is 12.4. The number of carbonyl (C=O) groups excluding carboxylic acids is 1. The van der Waals surface area contributed by atoms with Gasteiger partial charge in [0.2, 0.25) is 5.91 Å². The zero-order chi connectivity index (χ0) is 16.2. The summed E-state index contributed by atoms with van der Waals surface area (Å²) in [7, 11) is 0. The number of benzene rings is 2. The van der Waals surface area contributed by atoms with Gasteiger partial charge < -0.3 is 5.32 Å². The second-order valence-electron chi connectivity index (χ2n) is 5.47. The van der Waals surface area contributed by atoms with Crippen LogP contribution in [0.3, 0.4) is 0 Å². The second-order valence-corrected chi connectivity index (χ2v) is 5.91. The van der Waals surface area contributed by atoms with Crippen molar-refractivity contribution in [1.29, 1.82) is 0 Å². The molecule has 1 amide bonds. The molecular formula is C17H17ClFN3O. The summed E-state index contributed by atoms with van der Waals surface area (Å²) in [6.07, 6.45) is 0. The van der Waals surface area contributed by atoms with E-state index in [0.29, 0.717) is 17.1 Å². The third-order valence-corrected chi connectivity index (χ3v) is 4.17. The quantitative estimate of drug-likeness (QED) is 0.806. The number of hydrazine groups is 1. The van der Waals surface area contributed by atoms with E-state index in [-0.39, 0.29) is 30.2 Å². The van der Waals surface area contributed by atoms with Crippen LogP contribution in [0.1, 0.15) is 17.2 Å². The van der Waals surface area contributed by atoms with Crippen molar-refractivity contribution in [2.45, 2.75) is 12.6 Å². The van der Waals surface area contributed by atoms with Crippen molar-refractivity contribution in [2.24, 2.45) is 5.92 Å². The summed E-state index contributed by atoms with van der Waals surface area (Å²) in [4.78, 5) is 12.5.